The molecule has 0 heteroatoms. The fourth-order valence-electron chi connectivity index (χ4n) is 1.05. The van der Waals surface area contributed by atoms with Crippen LogP contribution in [0, 0.1) is 0 Å². The lowest BCUT2D eigenvalue weighted by Crippen LogP contribution is -1.73. The van der Waals surface area contributed by atoms with E-state index in [0.29, 0.717) is 0 Å². The van der Waals surface area contributed by atoms with E-state index < -0.39 is 0 Å². The maximum Gasteiger partial charge on any atom is -0.0274 e. The maximum atomic E-state index is 3.09. The Bertz CT molecular complexity index is 157. The zero-order valence-corrected chi connectivity index (χ0v) is 8.34. The van der Waals surface area contributed by atoms with Gasteiger partial charge in [0.25, 0.3) is 0 Å². The van der Waals surface area contributed by atoms with Gasteiger partial charge in [-0.1, -0.05) is 18.6 Å². The molecule has 68 valence electrons. The van der Waals surface area contributed by atoms with Crippen molar-refractivity contribution in [2.45, 2.75) is 46.0 Å². The minimum absolute atomic E-state index is 1.18. The minimum atomic E-state index is 1.18. The molecule has 0 aromatic carbocycles. The first-order chi connectivity index (χ1) is 5.91. The summed E-state index contributed by atoms with van der Waals surface area (Å²) in [5, 5.41) is 0. The van der Waals surface area contributed by atoms with Crippen molar-refractivity contribution in [2.24, 2.45) is 0 Å². The summed E-state index contributed by atoms with van der Waals surface area (Å²) in [5.41, 5.74) is 3.09. The van der Waals surface area contributed by atoms with Crippen molar-refractivity contribution in [3.8, 4) is 0 Å². The standard InChI is InChI=1S/C12H20/c1-3-5-7-9-11-12-10-8-6-4-2/h3-5,8H,7,9-12H2,1-2H3. The number of unbranched alkanes of at least 4 members (excludes halogenated alkanes) is 4. The molecule has 0 aliphatic carbocycles. The SMILES string of the molecule is CC=C=CCCCCCC=CC. The number of hydrogen-bond acceptors (Lipinski definition) is 0. The van der Waals surface area contributed by atoms with Gasteiger partial charge in [0.1, 0.15) is 0 Å². The highest BCUT2D eigenvalue weighted by Gasteiger charge is 1.84. The largest absolute Gasteiger partial charge is 0.130 e. The van der Waals surface area contributed by atoms with E-state index in [1.165, 1.54) is 32.1 Å². The van der Waals surface area contributed by atoms with E-state index >= 15 is 0 Å². The third kappa shape index (κ3) is 9.26. The summed E-state index contributed by atoms with van der Waals surface area (Å²) in [5.74, 6) is 0. The average molecular weight is 164 g/mol. The predicted octanol–water partition coefficient (Wildman–Crippen LogP) is 4.24. The fraction of sp³-hybridized carbons (Fsp3) is 0.583. The molecule has 0 rings (SSSR count). The molecule has 0 aliphatic rings. The Kier molecular flexibility index (Phi) is 9.63. The molecule has 0 saturated heterocycles. The van der Waals surface area contributed by atoms with Gasteiger partial charge >= 0.3 is 0 Å². The van der Waals surface area contributed by atoms with Crippen LogP contribution in [0.2, 0.25) is 0 Å². The second kappa shape index (κ2) is 10.3. The van der Waals surface area contributed by atoms with Crippen LogP contribution in [-0.4, -0.2) is 0 Å². The van der Waals surface area contributed by atoms with Gasteiger partial charge in [-0.2, -0.15) is 0 Å². The Labute approximate surface area is 76.7 Å². The third-order valence-corrected chi connectivity index (χ3v) is 1.74. The van der Waals surface area contributed by atoms with E-state index in [-0.39, 0.29) is 0 Å². The van der Waals surface area contributed by atoms with Crippen molar-refractivity contribution >= 4 is 0 Å². The summed E-state index contributed by atoms with van der Waals surface area (Å²) < 4.78 is 0. The number of allylic oxidation sites excluding steroid dienone is 3. The van der Waals surface area contributed by atoms with Gasteiger partial charge in [0.2, 0.25) is 0 Å². The molecule has 0 spiro atoms. The monoisotopic (exact) mass is 164 g/mol. The Balaban J connectivity index is 3.06. The zero-order valence-electron chi connectivity index (χ0n) is 8.34. The topological polar surface area (TPSA) is 0 Å². The van der Waals surface area contributed by atoms with Crippen LogP contribution in [0.5, 0.6) is 0 Å². The molecule has 0 saturated carbocycles. The summed E-state index contributed by atoms with van der Waals surface area (Å²) >= 11 is 0. The van der Waals surface area contributed by atoms with Crippen LogP contribution in [0.3, 0.4) is 0 Å². The highest BCUT2D eigenvalue weighted by Crippen LogP contribution is 2.03. The molecule has 0 fully saturated rings. The van der Waals surface area contributed by atoms with Crippen LogP contribution in [0.1, 0.15) is 46.0 Å². The summed E-state index contributed by atoms with van der Waals surface area (Å²) in [6.45, 7) is 4.08. The van der Waals surface area contributed by atoms with Crippen molar-refractivity contribution in [1.29, 1.82) is 0 Å². The molecule has 0 aromatic heterocycles. The summed E-state index contributed by atoms with van der Waals surface area (Å²) in [6, 6.07) is 0. The molecule has 0 aliphatic heterocycles. The molecule has 0 heterocycles. The zero-order chi connectivity index (χ0) is 9.07. The van der Waals surface area contributed by atoms with Crippen LogP contribution in [0.25, 0.3) is 0 Å². The van der Waals surface area contributed by atoms with Gasteiger partial charge in [-0.25, -0.2) is 0 Å². The second-order valence-corrected chi connectivity index (χ2v) is 2.87. The lowest BCUT2D eigenvalue weighted by molar-refractivity contribution is 0.696. The van der Waals surface area contributed by atoms with E-state index in [1.54, 1.807) is 0 Å². The summed E-state index contributed by atoms with van der Waals surface area (Å²) in [6.07, 6.45) is 14.8. The van der Waals surface area contributed by atoms with E-state index in [4.69, 9.17) is 0 Å². The Morgan fingerprint density at radius 2 is 1.75 bits per heavy atom. The molecule has 0 amide bonds. The third-order valence-electron chi connectivity index (χ3n) is 1.74. The average Bonchev–Trinajstić information content (AvgIpc) is 2.10. The minimum Gasteiger partial charge on any atom is -0.130 e. The van der Waals surface area contributed by atoms with Crippen molar-refractivity contribution in [2.75, 3.05) is 0 Å². The highest BCUT2D eigenvalue weighted by atomic mass is 13.9. The smallest absolute Gasteiger partial charge is 0.0274 e. The first-order valence-electron chi connectivity index (χ1n) is 4.88. The van der Waals surface area contributed by atoms with Crippen molar-refractivity contribution in [1.82, 2.24) is 0 Å². The van der Waals surface area contributed by atoms with E-state index in [1.807, 2.05) is 13.0 Å². The molecule has 12 heavy (non-hydrogen) atoms. The van der Waals surface area contributed by atoms with Gasteiger partial charge in [0.05, 0.1) is 0 Å². The van der Waals surface area contributed by atoms with Gasteiger partial charge in [-0.15, -0.1) is 5.73 Å². The lowest BCUT2D eigenvalue weighted by Gasteiger charge is -1.93. The molecule has 0 nitrogen and oxygen atoms in total. The van der Waals surface area contributed by atoms with Crippen LogP contribution < -0.4 is 0 Å². The lowest BCUT2D eigenvalue weighted by atomic mass is 10.1. The number of hydrogen-bond donors (Lipinski definition) is 0. The van der Waals surface area contributed by atoms with Crippen molar-refractivity contribution < 1.29 is 0 Å². The maximum absolute atomic E-state index is 3.09. The molecule has 0 unspecified atom stereocenters. The molecule has 0 N–H and O–H groups in total. The normalized spacial score (nSPS) is 9.83. The van der Waals surface area contributed by atoms with E-state index in [2.05, 4.69) is 30.9 Å². The molecule has 0 radical (unpaired) electrons. The van der Waals surface area contributed by atoms with Gasteiger partial charge in [0, 0.05) is 0 Å². The quantitative estimate of drug-likeness (QED) is 0.313. The van der Waals surface area contributed by atoms with Crippen LogP contribution in [0.15, 0.2) is 30.0 Å². The summed E-state index contributed by atoms with van der Waals surface area (Å²) in [7, 11) is 0. The van der Waals surface area contributed by atoms with Gasteiger partial charge in [-0.05, 0) is 51.7 Å². The van der Waals surface area contributed by atoms with Crippen molar-refractivity contribution in [3.05, 3.63) is 30.0 Å². The predicted molar refractivity (Wildman–Crippen MR) is 56.2 cm³/mol. The molecular formula is C12H20. The fourth-order valence-corrected chi connectivity index (χ4v) is 1.05. The molecule has 0 bridgehead atoms. The van der Waals surface area contributed by atoms with Crippen LogP contribution >= 0.6 is 0 Å². The van der Waals surface area contributed by atoms with Gasteiger partial charge in [0.15, 0.2) is 0 Å². The van der Waals surface area contributed by atoms with E-state index in [9.17, 15) is 0 Å². The second-order valence-electron chi connectivity index (χ2n) is 2.87. The molecular weight excluding hydrogens is 144 g/mol. The van der Waals surface area contributed by atoms with Crippen LogP contribution in [0.4, 0.5) is 0 Å². The Morgan fingerprint density at radius 3 is 2.42 bits per heavy atom. The van der Waals surface area contributed by atoms with Gasteiger partial charge in [-0.3, -0.25) is 0 Å². The van der Waals surface area contributed by atoms with Crippen LogP contribution in [-0.2, 0) is 0 Å². The first kappa shape index (κ1) is 11.3. The molecule has 0 atom stereocenters. The highest BCUT2D eigenvalue weighted by molar-refractivity contribution is 4.81. The Morgan fingerprint density at radius 1 is 1.00 bits per heavy atom. The van der Waals surface area contributed by atoms with Gasteiger partial charge < -0.3 is 0 Å². The van der Waals surface area contributed by atoms with E-state index in [0.717, 1.165) is 0 Å². The Hall–Kier alpha value is -0.740. The first-order valence-corrected chi connectivity index (χ1v) is 4.88. The molecule has 0 aromatic rings. The number of rotatable bonds is 6. The summed E-state index contributed by atoms with van der Waals surface area (Å²) in [4.78, 5) is 0. The van der Waals surface area contributed by atoms with Crippen molar-refractivity contribution in [3.63, 3.8) is 0 Å².